The number of hydrogen-bond acceptors (Lipinski definition) is 3. The maximum atomic E-state index is 13.7. The first-order chi connectivity index (χ1) is 14.1. The number of rotatable bonds is 5. The average Bonchev–Trinajstić information content (AvgIpc) is 2.74. The average molecular weight is 387 g/mol. The van der Waals surface area contributed by atoms with Crippen LogP contribution in [0.25, 0.3) is 22.0 Å². The van der Waals surface area contributed by atoms with Gasteiger partial charge < -0.3 is 5.32 Å². The Morgan fingerprint density at radius 3 is 2.52 bits per heavy atom. The first-order valence-corrected chi connectivity index (χ1v) is 9.17. The van der Waals surface area contributed by atoms with Crippen molar-refractivity contribution in [3.8, 4) is 11.3 Å². The van der Waals surface area contributed by atoms with E-state index in [0.29, 0.717) is 11.3 Å². The van der Waals surface area contributed by atoms with E-state index >= 15 is 0 Å². The quantitative estimate of drug-likeness (QED) is 0.570. The lowest BCUT2D eigenvalue weighted by molar-refractivity contribution is -0.122. The summed E-state index contributed by atoms with van der Waals surface area (Å²) in [6.07, 6.45) is 0. The van der Waals surface area contributed by atoms with E-state index in [2.05, 4.69) is 10.4 Å². The Bertz CT molecular complexity index is 1250. The Morgan fingerprint density at radius 2 is 1.69 bits per heavy atom. The predicted octanol–water partition coefficient (Wildman–Crippen LogP) is 3.52. The number of halogens is 1. The monoisotopic (exact) mass is 387 g/mol. The van der Waals surface area contributed by atoms with Crippen molar-refractivity contribution in [1.82, 2.24) is 15.1 Å². The second kappa shape index (κ2) is 8.06. The molecule has 3 aromatic carbocycles. The highest BCUT2D eigenvalue weighted by Gasteiger charge is 2.09. The Labute approximate surface area is 166 Å². The van der Waals surface area contributed by atoms with Crippen LogP contribution >= 0.6 is 0 Å². The molecule has 0 spiro atoms. The molecule has 0 saturated carbocycles. The summed E-state index contributed by atoms with van der Waals surface area (Å²) in [6.45, 7) is -0.195. The van der Waals surface area contributed by atoms with Gasteiger partial charge in [-0.1, -0.05) is 54.6 Å². The van der Waals surface area contributed by atoms with E-state index < -0.39 is 5.91 Å². The van der Waals surface area contributed by atoms with Crippen molar-refractivity contribution in [1.29, 1.82) is 0 Å². The molecular formula is C23H18FN3O2. The van der Waals surface area contributed by atoms with Crippen molar-refractivity contribution in [3.63, 3.8) is 0 Å². The molecule has 0 radical (unpaired) electrons. The molecule has 1 aromatic heterocycles. The Balaban J connectivity index is 1.52. The number of fused-ring (bicyclic) bond motifs is 1. The van der Waals surface area contributed by atoms with Gasteiger partial charge in [0.15, 0.2) is 0 Å². The molecule has 144 valence electrons. The second-order valence-electron chi connectivity index (χ2n) is 6.64. The minimum Gasteiger partial charge on any atom is -0.350 e. The Kier molecular flexibility index (Phi) is 5.16. The number of nitrogens with one attached hydrogen (secondary N) is 1. The third-order valence-electron chi connectivity index (χ3n) is 4.64. The van der Waals surface area contributed by atoms with Gasteiger partial charge >= 0.3 is 0 Å². The molecule has 4 rings (SSSR count). The number of carbonyl (C=O) groups excluding carboxylic acids is 1. The summed E-state index contributed by atoms with van der Waals surface area (Å²) in [7, 11) is 0. The summed E-state index contributed by atoms with van der Waals surface area (Å²) in [5, 5.41) is 9.12. The van der Waals surface area contributed by atoms with Gasteiger partial charge in [0.2, 0.25) is 5.91 Å². The number of carbonyl (C=O) groups is 1. The van der Waals surface area contributed by atoms with Crippen LogP contribution in [-0.4, -0.2) is 15.7 Å². The molecule has 6 heteroatoms. The van der Waals surface area contributed by atoms with Gasteiger partial charge in [0.1, 0.15) is 12.4 Å². The first-order valence-electron chi connectivity index (χ1n) is 9.17. The van der Waals surface area contributed by atoms with Gasteiger partial charge in [-0.2, -0.15) is 5.10 Å². The molecule has 0 atom stereocenters. The van der Waals surface area contributed by atoms with E-state index in [1.807, 2.05) is 42.5 Å². The van der Waals surface area contributed by atoms with Gasteiger partial charge in [-0.25, -0.2) is 9.07 Å². The lowest BCUT2D eigenvalue weighted by atomic mass is 10.1. The maximum absolute atomic E-state index is 13.7. The van der Waals surface area contributed by atoms with Crippen molar-refractivity contribution in [3.05, 3.63) is 101 Å². The minimum absolute atomic E-state index is 0.0463. The second-order valence-corrected chi connectivity index (χ2v) is 6.64. The fraction of sp³-hybridized carbons (Fsp3) is 0.0870. The summed E-state index contributed by atoms with van der Waals surface area (Å²) < 4.78 is 14.8. The largest absolute Gasteiger partial charge is 0.350 e. The SMILES string of the molecule is O=C(Cn1nc(-c2ccc3ccccc3c2)ccc1=O)NCc1ccccc1F. The van der Waals surface area contributed by atoms with Crippen LogP contribution in [0.15, 0.2) is 83.7 Å². The molecule has 0 aliphatic heterocycles. The zero-order valence-electron chi connectivity index (χ0n) is 15.5. The van der Waals surface area contributed by atoms with Crippen LogP contribution in [0.4, 0.5) is 4.39 Å². The zero-order valence-corrected chi connectivity index (χ0v) is 15.5. The topological polar surface area (TPSA) is 64.0 Å². The summed E-state index contributed by atoms with van der Waals surface area (Å²) in [5.74, 6) is -0.806. The molecule has 0 bridgehead atoms. The van der Waals surface area contributed by atoms with Crippen molar-refractivity contribution in [2.75, 3.05) is 0 Å². The minimum atomic E-state index is -0.418. The van der Waals surface area contributed by atoms with Crippen LogP contribution in [-0.2, 0) is 17.9 Å². The van der Waals surface area contributed by atoms with Crippen LogP contribution in [0.1, 0.15) is 5.56 Å². The van der Waals surface area contributed by atoms with Crippen molar-refractivity contribution in [2.45, 2.75) is 13.1 Å². The van der Waals surface area contributed by atoms with Crippen LogP contribution in [0.3, 0.4) is 0 Å². The first kappa shape index (κ1) is 18.6. The van der Waals surface area contributed by atoms with Gasteiger partial charge in [0.25, 0.3) is 5.56 Å². The van der Waals surface area contributed by atoms with E-state index in [1.165, 1.54) is 12.1 Å². The Hall–Kier alpha value is -3.80. The third kappa shape index (κ3) is 4.21. The molecule has 0 aliphatic rings. The number of nitrogens with zero attached hydrogens (tertiary/aromatic N) is 2. The van der Waals surface area contributed by atoms with Gasteiger partial charge in [-0.3, -0.25) is 9.59 Å². The number of benzene rings is 3. The molecular weight excluding hydrogens is 369 g/mol. The summed E-state index contributed by atoms with van der Waals surface area (Å²) in [6, 6.07) is 23.1. The molecule has 0 saturated heterocycles. The lowest BCUT2D eigenvalue weighted by Gasteiger charge is -2.09. The maximum Gasteiger partial charge on any atom is 0.267 e. The van der Waals surface area contributed by atoms with Crippen LogP contribution < -0.4 is 10.9 Å². The highest BCUT2D eigenvalue weighted by molar-refractivity contribution is 5.86. The van der Waals surface area contributed by atoms with Crippen molar-refractivity contribution in [2.24, 2.45) is 0 Å². The van der Waals surface area contributed by atoms with E-state index in [-0.39, 0.29) is 24.5 Å². The van der Waals surface area contributed by atoms with Crippen molar-refractivity contribution >= 4 is 16.7 Å². The molecule has 0 aliphatic carbocycles. The zero-order chi connectivity index (χ0) is 20.2. The van der Waals surface area contributed by atoms with Gasteiger partial charge in [-0.05, 0) is 29.0 Å². The van der Waals surface area contributed by atoms with Gasteiger partial charge in [0.05, 0.1) is 5.69 Å². The van der Waals surface area contributed by atoms with E-state index in [0.717, 1.165) is 21.0 Å². The summed E-state index contributed by atoms with van der Waals surface area (Å²) >= 11 is 0. The van der Waals surface area contributed by atoms with Gasteiger partial charge in [-0.15, -0.1) is 0 Å². The molecule has 5 nitrogen and oxygen atoms in total. The molecule has 1 heterocycles. The molecule has 1 N–H and O–H groups in total. The summed E-state index contributed by atoms with van der Waals surface area (Å²) in [5.41, 5.74) is 1.45. The summed E-state index contributed by atoms with van der Waals surface area (Å²) in [4.78, 5) is 24.4. The fourth-order valence-corrected chi connectivity index (χ4v) is 3.09. The van der Waals surface area contributed by atoms with Crippen LogP contribution in [0, 0.1) is 5.82 Å². The van der Waals surface area contributed by atoms with Crippen LogP contribution in [0.2, 0.25) is 0 Å². The molecule has 0 unspecified atom stereocenters. The van der Waals surface area contributed by atoms with Crippen molar-refractivity contribution < 1.29 is 9.18 Å². The van der Waals surface area contributed by atoms with E-state index in [4.69, 9.17) is 0 Å². The highest BCUT2D eigenvalue weighted by atomic mass is 19.1. The molecule has 1 amide bonds. The number of amides is 1. The highest BCUT2D eigenvalue weighted by Crippen LogP contribution is 2.22. The third-order valence-corrected chi connectivity index (χ3v) is 4.64. The number of hydrogen-bond donors (Lipinski definition) is 1. The molecule has 4 aromatic rings. The fourth-order valence-electron chi connectivity index (χ4n) is 3.09. The van der Waals surface area contributed by atoms with E-state index in [9.17, 15) is 14.0 Å². The Morgan fingerprint density at radius 1 is 0.931 bits per heavy atom. The smallest absolute Gasteiger partial charge is 0.267 e. The molecule has 0 fully saturated rings. The lowest BCUT2D eigenvalue weighted by Crippen LogP contribution is -2.33. The predicted molar refractivity (Wildman–Crippen MR) is 110 cm³/mol. The van der Waals surface area contributed by atoms with Crippen LogP contribution in [0.5, 0.6) is 0 Å². The normalized spacial score (nSPS) is 10.8. The number of aromatic nitrogens is 2. The molecule has 29 heavy (non-hydrogen) atoms. The van der Waals surface area contributed by atoms with Gasteiger partial charge in [0, 0.05) is 23.7 Å². The van der Waals surface area contributed by atoms with E-state index in [1.54, 1.807) is 24.3 Å². The standard InChI is InChI=1S/C23H18FN3O2/c24-20-8-4-3-7-19(20)14-25-22(28)15-27-23(29)12-11-21(26-27)18-10-9-16-5-1-2-6-17(16)13-18/h1-13H,14-15H2,(H,25,28).